The number of nitrogens with zero attached hydrogens (tertiary/aromatic N) is 1. The molecule has 3 aromatic carbocycles. The number of aryl methyl sites for hydroxylation is 3. The highest BCUT2D eigenvalue weighted by Gasteiger charge is 2.25. The molecule has 0 atom stereocenters. The Balaban J connectivity index is 1.38. The number of hydrogen-bond donors (Lipinski definition) is 1. The van der Waals surface area contributed by atoms with Crippen LogP contribution in [0.2, 0.25) is 0 Å². The summed E-state index contributed by atoms with van der Waals surface area (Å²) in [6.07, 6.45) is 1.60. The van der Waals surface area contributed by atoms with E-state index < -0.39 is 0 Å². The van der Waals surface area contributed by atoms with Gasteiger partial charge in [-0.05, 0) is 87.2 Å². The molecular weight excluding hydrogens is 428 g/mol. The van der Waals surface area contributed by atoms with Crippen LogP contribution in [0.15, 0.2) is 60.7 Å². The summed E-state index contributed by atoms with van der Waals surface area (Å²) in [5.74, 6) is 1.21. The van der Waals surface area contributed by atoms with Crippen molar-refractivity contribution in [1.29, 1.82) is 0 Å². The molecule has 0 saturated heterocycles. The molecule has 1 N–H and O–H groups in total. The lowest BCUT2D eigenvalue weighted by molar-refractivity contribution is -0.121. The number of carbonyl (C=O) groups is 2. The number of anilines is 2. The molecule has 6 nitrogen and oxygen atoms in total. The van der Waals surface area contributed by atoms with Crippen LogP contribution in [0.25, 0.3) is 0 Å². The van der Waals surface area contributed by atoms with Crippen molar-refractivity contribution < 1.29 is 19.1 Å². The zero-order valence-electron chi connectivity index (χ0n) is 19.9. The van der Waals surface area contributed by atoms with E-state index in [0.717, 1.165) is 29.7 Å². The Morgan fingerprint density at radius 1 is 0.971 bits per heavy atom. The van der Waals surface area contributed by atoms with Crippen LogP contribution in [0.5, 0.6) is 11.5 Å². The van der Waals surface area contributed by atoms with Crippen LogP contribution in [0.4, 0.5) is 11.4 Å². The van der Waals surface area contributed by atoms with Crippen molar-refractivity contribution in [3.63, 3.8) is 0 Å². The number of nitrogens with one attached hydrogen (secondary N) is 1. The lowest BCUT2D eigenvalue weighted by Gasteiger charge is -2.30. The van der Waals surface area contributed by atoms with Gasteiger partial charge in [0.05, 0.1) is 12.3 Å². The molecule has 1 aliphatic heterocycles. The third kappa shape index (κ3) is 5.57. The topological polar surface area (TPSA) is 67.9 Å². The highest BCUT2D eigenvalue weighted by Crippen LogP contribution is 2.35. The van der Waals surface area contributed by atoms with Gasteiger partial charge in [0.1, 0.15) is 11.5 Å². The molecule has 2 amide bonds. The smallest absolute Gasteiger partial charge is 0.265 e. The predicted octanol–water partition coefficient (Wildman–Crippen LogP) is 5.45. The van der Waals surface area contributed by atoms with Crippen LogP contribution in [-0.2, 0) is 4.79 Å². The Labute approximate surface area is 200 Å². The standard InChI is InChI=1S/C28H30N2O4/c1-19-6-11-24(12-7-19)33-15-5-4-14-30-25-17-23(10-13-26(25)34-18-27(30)31)29-28(32)22-9-8-20(2)21(3)16-22/h6-13,16-17H,4-5,14-15,18H2,1-3H3,(H,29,32). The Morgan fingerprint density at radius 3 is 2.53 bits per heavy atom. The van der Waals surface area contributed by atoms with Crippen molar-refractivity contribution in [2.24, 2.45) is 0 Å². The van der Waals surface area contributed by atoms with E-state index in [-0.39, 0.29) is 18.4 Å². The molecule has 4 rings (SSSR count). The van der Waals surface area contributed by atoms with E-state index in [2.05, 4.69) is 5.32 Å². The van der Waals surface area contributed by atoms with Gasteiger partial charge in [-0.2, -0.15) is 0 Å². The van der Waals surface area contributed by atoms with E-state index in [1.165, 1.54) is 5.56 Å². The van der Waals surface area contributed by atoms with E-state index in [4.69, 9.17) is 9.47 Å². The molecule has 0 spiro atoms. The normalized spacial score (nSPS) is 12.7. The second-order valence-corrected chi connectivity index (χ2v) is 8.64. The average Bonchev–Trinajstić information content (AvgIpc) is 2.83. The predicted molar refractivity (Wildman–Crippen MR) is 134 cm³/mol. The number of hydrogen-bond acceptors (Lipinski definition) is 4. The lowest BCUT2D eigenvalue weighted by Crippen LogP contribution is -2.39. The summed E-state index contributed by atoms with van der Waals surface area (Å²) < 4.78 is 11.4. The molecule has 34 heavy (non-hydrogen) atoms. The fourth-order valence-corrected chi connectivity index (χ4v) is 3.81. The Bertz CT molecular complexity index is 1190. The summed E-state index contributed by atoms with van der Waals surface area (Å²) >= 11 is 0. The number of rotatable bonds is 8. The molecule has 1 aliphatic rings. The molecule has 0 saturated carbocycles. The number of fused-ring (bicyclic) bond motifs is 1. The Kier molecular flexibility index (Phi) is 7.16. The maximum Gasteiger partial charge on any atom is 0.265 e. The van der Waals surface area contributed by atoms with Crippen molar-refractivity contribution in [2.45, 2.75) is 33.6 Å². The molecule has 1 heterocycles. The summed E-state index contributed by atoms with van der Waals surface area (Å²) in [6.45, 7) is 7.20. The third-order valence-electron chi connectivity index (χ3n) is 5.99. The molecule has 0 unspecified atom stereocenters. The van der Waals surface area contributed by atoms with Crippen LogP contribution in [0.1, 0.15) is 39.9 Å². The van der Waals surface area contributed by atoms with Gasteiger partial charge in [0, 0.05) is 17.8 Å². The lowest BCUT2D eigenvalue weighted by atomic mass is 10.1. The minimum atomic E-state index is -0.189. The largest absolute Gasteiger partial charge is 0.494 e. The van der Waals surface area contributed by atoms with Gasteiger partial charge in [-0.15, -0.1) is 0 Å². The van der Waals surface area contributed by atoms with Crippen molar-refractivity contribution >= 4 is 23.2 Å². The molecule has 0 bridgehead atoms. The summed E-state index contributed by atoms with van der Waals surface area (Å²) in [4.78, 5) is 27.0. The highest BCUT2D eigenvalue weighted by molar-refractivity contribution is 6.05. The number of ether oxygens (including phenoxy) is 2. The first kappa shape index (κ1) is 23.4. The highest BCUT2D eigenvalue weighted by atomic mass is 16.5. The first-order valence-electron chi connectivity index (χ1n) is 11.6. The minimum absolute atomic E-state index is 0.0151. The molecule has 6 heteroatoms. The fraction of sp³-hybridized carbons (Fsp3) is 0.286. The van der Waals surface area contributed by atoms with Crippen molar-refractivity contribution in [3.8, 4) is 11.5 Å². The van der Waals surface area contributed by atoms with Crippen LogP contribution >= 0.6 is 0 Å². The zero-order valence-corrected chi connectivity index (χ0v) is 19.9. The number of amides is 2. The summed E-state index contributed by atoms with van der Waals surface area (Å²) in [6, 6.07) is 19.0. The van der Waals surface area contributed by atoms with E-state index in [9.17, 15) is 9.59 Å². The molecular formula is C28H30N2O4. The van der Waals surface area contributed by atoms with E-state index in [1.807, 2.05) is 63.2 Å². The van der Waals surface area contributed by atoms with Gasteiger partial charge in [-0.25, -0.2) is 0 Å². The Morgan fingerprint density at radius 2 is 1.76 bits per heavy atom. The van der Waals surface area contributed by atoms with Gasteiger partial charge < -0.3 is 19.7 Å². The van der Waals surface area contributed by atoms with Gasteiger partial charge in [0.25, 0.3) is 11.8 Å². The number of benzene rings is 3. The van der Waals surface area contributed by atoms with Crippen LogP contribution < -0.4 is 19.7 Å². The average molecular weight is 459 g/mol. The molecule has 0 aliphatic carbocycles. The maximum absolute atomic E-state index is 12.7. The van der Waals surface area contributed by atoms with Crippen LogP contribution in [0.3, 0.4) is 0 Å². The second-order valence-electron chi connectivity index (χ2n) is 8.64. The molecule has 176 valence electrons. The zero-order chi connectivity index (χ0) is 24.1. The van der Waals surface area contributed by atoms with Crippen molar-refractivity contribution in [3.05, 3.63) is 82.9 Å². The van der Waals surface area contributed by atoms with E-state index in [0.29, 0.717) is 35.8 Å². The van der Waals surface area contributed by atoms with Crippen molar-refractivity contribution in [2.75, 3.05) is 30.0 Å². The van der Waals surface area contributed by atoms with Gasteiger partial charge in [-0.1, -0.05) is 23.8 Å². The number of carbonyl (C=O) groups excluding carboxylic acids is 2. The molecule has 0 aromatic heterocycles. The minimum Gasteiger partial charge on any atom is -0.494 e. The summed E-state index contributed by atoms with van der Waals surface area (Å²) in [5.41, 5.74) is 5.29. The van der Waals surface area contributed by atoms with Gasteiger partial charge in [0.15, 0.2) is 6.61 Å². The van der Waals surface area contributed by atoms with Crippen LogP contribution in [0, 0.1) is 20.8 Å². The Hall–Kier alpha value is -3.80. The first-order valence-corrected chi connectivity index (χ1v) is 11.6. The van der Waals surface area contributed by atoms with Crippen molar-refractivity contribution in [1.82, 2.24) is 0 Å². The quantitative estimate of drug-likeness (QED) is 0.456. The SMILES string of the molecule is Cc1ccc(OCCCCN2C(=O)COc3ccc(NC(=O)c4ccc(C)c(C)c4)cc32)cc1. The first-order chi connectivity index (χ1) is 16.4. The number of unbranched alkanes of at least 4 members (excludes halogenated alkanes) is 1. The monoisotopic (exact) mass is 458 g/mol. The third-order valence-corrected chi connectivity index (χ3v) is 5.99. The van der Waals surface area contributed by atoms with E-state index >= 15 is 0 Å². The summed E-state index contributed by atoms with van der Waals surface area (Å²) in [7, 11) is 0. The second kappa shape index (κ2) is 10.4. The fourth-order valence-electron chi connectivity index (χ4n) is 3.81. The van der Waals surface area contributed by atoms with E-state index in [1.54, 1.807) is 23.1 Å². The van der Waals surface area contributed by atoms with Gasteiger partial charge in [0.2, 0.25) is 0 Å². The molecule has 0 radical (unpaired) electrons. The maximum atomic E-state index is 12.7. The molecule has 3 aromatic rings. The molecule has 0 fully saturated rings. The van der Waals surface area contributed by atoms with Crippen LogP contribution in [-0.4, -0.2) is 31.6 Å². The summed E-state index contributed by atoms with van der Waals surface area (Å²) in [5, 5.41) is 2.94. The van der Waals surface area contributed by atoms with Gasteiger partial charge >= 0.3 is 0 Å². The van der Waals surface area contributed by atoms with Gasteiger partial charge in [-0.3, -0.25) is 9.59 Å².